The first kappa shape index (κ1) is 15.0. The lowest BCUT2D eigenvalue weighted by Gasteiger charge is -2.47. The molecule has 1 saturated carbocycles. The lowest BCUT2D eigenvalue weighted by Crippen LogP contribution is -2.47. The first-order valence-electron chi connectivity index (χ1n) is 7.60. The molecule has 1 fully saturated rings. The van der Waals surface area contributed by atoms with Gasteiger partial charge in [-0.1, -0.05) is 53.9 Å². The molecule has 0 aliphatic heterocycles. The van der Waals surface area contributed by atoms with Crippen molar-refractivity contribution in [2.75, 3.05) is 7.05 Å². The third-order valence-electron chi connectivity index (χ3n) is 5.43. The zero-order valence-corrected chi connectivity index (χ0v) is 12.8. The van der Waals surface area contributed by atoms with E-state index in [0.717, 1.165) is 23.8 Å². The van der Waals surface area contributed by atoms with E-state index in [-0.39, 0.29) is 0 Å². The summed E-state index contributed by atoms with van der Waals surface area (Å²) in [5.41, 5.74) is 0.476. The molecular formula is C16H33N. The van der Waals surface area contributed by atoms with Crippen molar-refractivity contribution in [3.63, 3.8) is 0 Å². The molecule has 1 rings (SSSR count). The van der Waals surface area contributed by atoms with Crippen molar-refractivity contribution in [3.05, 3.63) is 0 Å². The highest BCUT2D eigenvalue weighted by Gasteiger charge is 2.40. The molecule has 0 saturated heterocycles. The van der Waals surface area contributed by atoms with Gasteiger partial charge in [-0.3, -0.25) is 0 Å². The molecule has 0 heterocycles. The van der Waals surface area contributed by atoms with Crippen molar-refractivity contribution in [1.82, 2.24) is 5.32 Å². The van der Waals surface area contributed by atoms with Crippen LogP contribution >= 0.6 is 0 Å². The Morgan fingerprint density at radius 2 is 1.94 bits per heavy atom. The maximum Gasteiger partial charge on any atom is 0.0100 e. The standard InChI is InChI=1S/C16H33N/c1-7-8-13(3)16(4,5)14-10-9-12(2)11-15(14)17-6/h12-15,17H,7-11H2,1-6H3. The molecule has 0 aromatic rings. The molecule has 0 aromatic heterocycles. The Labute approximate surface area is 109 Å². The van der Waals surface area contributed by atoms with Crippen LogP contribution in [-0.2, 0) is 0 Å². The van der Waals surface area contributed by atoms with Crippen LogP contribution in [0.1, 0.15) is 66.7 Å². The SMILES string of the molecule is CCCC(C)C(C)(C)C1CCC(C)CC1NC. The Kier molecular flexibility index (Phi) is 5.50. The molecule has 0 radical (unpaired) electrons. The number of hydrogen-bond donors (Lipinski definition) is 1. The lowest BCUT2D eigenvalue weighted by atomic mass is 9.61. The summed E-state index contributed by atoms with van der Waals surface area (Å²) >= 11 is 0. The lowest BCUT2D eigenvalue weighted by molar-refractivity contribution is 0.0479. The molecule has 1 aliphatic rings. The van der Waals surface area contributed by atoms with Crippen LogP contribution in [0.25, 0.3) is 0 Å². The maximum absolute atomic E-state index is 3.59. The van der Waals surface area contributed by atoms with Crippen LogP contribution in [0.3, 0.4) is 0 Å². The number of hydrogen-bond acceptors (Lipinski definition) is 1. The fourth-order valence-electron chi connectivity index (χ4n) is 3.76. The second kappa shape index (κ2) is 6.22. The second-order valence-corrected chi connectivity index (χ2v) is 6.93. The van der Waals surface area contributed by atoms with Gasteiger partial charge in [-0.2, -0.15) is 0 Å². The van der Waals surface area contributed by atoms with Crippen LogP contribution in [0.15, 0.2) is 0 Å². The molecule has 4 atom stereocenters. The maximum atomic E-state index is 3.59. The minimum Gasteiger partial charge on any atom is -0.317 e. The van der Waals surface area contributed by atoms with Crippen molar-refractivity contribution < 1.29 is 0 Å². The summed E-state index contributed by atoms with van der Waals surface area (Å²) < 4.78 is 0. The van der Waals surface area contributed by atoms with Gasteiger partial charge in [0.15, 0.2) is 0 Å². The van der Waals surface area contributed by atoms with Gasteiger partial charge in [0, 0.05) is 6.04 Å². The summed E-state index contributed by atoms with van der Waals surface area (Å²) in [6.45, 7) is 12.2. The van der Waals surface area contributed by atoms with E-state index in [9.17, 15) is 0 Å². The Bertz CT molecular complexity index is 222. The average molecular weight is 239 g/mol. The summed E-state index contributed by atoms with van der Waals surface area (Å²) in [6, 6.07) is 0.730. The van der Waals surface area contributed by atoms with Crippen molar-refractivity contribution >= 4 is 0 Å². The van der Waals surface area contributed by atoms with Crippen LogP contribution in [-0.4, -0.2) is 13.1 Å². The van der Waals surface area contributed by atoms with Gasteiger partial charge in [0.05, 0.1) is 0 Å². The topological polar surface area (TPSA) is 12.0 Å². The average Bonchev–Trinajstić information content (AvgIpc) is 2.28. The zero-order valence-electron chi connectivity index (χ0n) is 12.8. The Morgan fingerprint density at radius 3 is 2.47 bits per heavy atom. The molecule has 1 heteroatoms. The molecule has 0 bridgehead atoms. The monoisotopic (exact) mass is 239 g/mol. The van der Waals surface area contributed by atoms with E-state index in [4.69, 9.17) is 0 Å². The third kappa shape index (κ3) is 3.47. The summed E-state index contributed by atoms with van der Waals surface area (Å²) in [5, 5.41) is 3.59. The fraction of sp³-hybridized carbons (Fsp3) is 1.00. The highest BCUT2D eigenvalue weighted by Crippen LogP contribution is 2.45. The Morgan fingerprint density at radius 1 is 1.29 bits per heavy atom. The van der Waals surface area contributed by atoms with Gasteiger partial charge in [0.25, 0.3) is 0 Å². The minimum absolute atomic E-state index is 0.476. The van der Waals surface area contributed by atoms with E-state index in [2.05, 4.69) is 47.0 Å². The van der Waals surface area contributed by atoms with Crippen molar-refractivity contribution in [3.8, 4) is 0 Å². The predicted molar refractivity (Wildman–Crippen MR) is 77.2 cm³/mol. The minimum atomic E-state index is 0.476. The van der Waals surface area contributed by atoms with Crippen LogP contribution in [0.5, 0.6) is 0 Å². The van der Waals surface area contributed by atoms with Crippen molar-refractivity contribution in [1.29, 1.82) is 0 Å². The first-order valence-corrected chi connectivity index (χ1v) is 7.60. The van der Waals surface area contributed by atoms with Crippen molar-refractivity contribution in [2.45, 2.75) is 72.8 Å². The Hall–Kier alpha value is -0.0400. The van der Waals surface area contributed by atoms with Gasteiger partial charge in [-0.05, 0) is 43.1 Å². The number of rotatable bonds is 5. The molecule has 0 amide bonds. The third-order valence-corrected chi connectivity index (χ3v) is 5.43. The summed E-state index contributed by atoms with van der Waals surface area (Å²) in [4.78, 5) is 0. The molecule has 1 N–H and O–H groups in total. The van der Waals surface area contributed by atoms with E-state index in [0.29, 0.717) is 5.41 Å². The molecule has 1 aliphatic carbocycles. The summed E-state index contributed by atoms with van der Waals surface area (Å²) in [6.07, 6.45) is 6.88. The van der Waals surface area contributed by atoms with Gasteiger partial charge < -0.3 is 5.32 Å². The van der Waals surface area contributed by atoms with Gasteiger partial charge >= 0.3 is 0 Å². The molecule has 0 aromatic carbocycles. The van der Waals surface area contributed by atoms with Crippen LogP contribution in [0.2, 0.25) is 0 Å². The van der Waals surface area contributed by atoms with Crippen LogP contribution in [0, 0.1) is 23.2 Å². The highest BCUT2D eigenvalue weighted by atomic mass is 14.9. The highest BCUT2D eigenvalue weighted by molar-refractivity contribution is 4.93. The van der Waals surface area contributed by atoms with Crippen LogP contribution in [0.4, 0.5) is 0 Å². The van der Waals surface area contributed by atoms with Gasteiger partial charge in [0.2, 0.25) is 0 Å². The number of nitrogens with one attached hydrogen (secondary N) is 1. The Balaban J connectivity index is 2.74. The van der Waals surface area contributed by atoms with Gasteiger partial charge in [-0.15, -0.1) is 0 Å². The van der Waals surface area contributed by atoms with Crippen LogP contribution < -0.4 is 5.32 Å². The van der Waals surface area contributed by atoms with E-state index < -0.39 is 0 Å². The predicted octanol–water partition coefficient (Wildman–Crippen LogP) is 4.47. The summed E-state index contributed by atoms with van der Waals surface area (Å²) in [5.74, 6) is 2.59. The molecule has 4 unspecified atom stereocenters. The van der Waals surface area contributed by atoms with E-state index in [1.807, 2.05) is 0 Å². The second-order valence-electron chi connectivity index (χ2n) is 6.93. The molecule has 17 heavy (non-hydrogen) atoms. The fourth-order valence-corrected chi connectivity index (χ4v) is 3.76. The zero-order chi connectivity index (χ0) is 13.1. The van der Waals surface area contributed by atoms with Gasteiger partial charge in [-0.25, -0.2) is 0 Å². The summed E-state index contributed by atoms with van der Waals surface area (Å²) in [7, 11) is 2.15. The largest absolute Gasteiger partial charge is 0.317 e. The quantitative estimate of drug-likeness (QED) is 0.746. The van der Waals surface area contributed by atoms with Crippen molar-refractivity contribution in [2.24, 2.45) is 23.2 Å². The molecule has 1 nitrogen and oxygen atoms in total. The molecule has 0 spiro atoms. The van der Waals surface area contributed by atoms with E-state index in [1.165, 1.54) is 32.1 Å². The smallest absolute Gasteiger partial charge is 0.0100 e. The molecule has 102 valence electrons. The van der Waals surface area contributed by atoms with E-state index in [1.54, 1.807) is 0 Å². The molecular weight excluding hydrogens is 206 g/mol. The van der Waals surface area contributed by atoms with E-state index >= 15 is 0 Å². The normalized spacial score (nSPS) is 32.5. The first-order chi connectivity index (χ1) is 7.93. The van der Waals surface area contributed by atoms with Gasteiger partial charge in [0.1, 0.15) is 0 Å².